The van der Waals surface area contributed by atoms with Crippen LogP contribution in [0.25, 0.3) is 0 Å². The molecule has 1 fully saturated rings. The van der Waals surface area contributed by atoms with Crippen LogP contribution < -0.4 is 0 Å². The average molecular weight is 298 g/mol. The third-order valence-corrected chi connectivity index (χ3v) is 4.06. The molecule has 21 heavy (non-hydrogen) atoms. The number of amides is 3. The maximum absolute atomic E-state index is 11.8. The predicted molar refractivity (Wildman–Crippen MR) is 83.0 cm³/mol. The molecule has 0 aromatic carbocycles. The van der Waals surface area contributed by atoms with Gasteiger partial charge in [-0.1, -0.05) is 44.9 Å². The molecule has 1 saturated heterocycles. The first-order chi connectivity index (χ1) is 10.2. The molecule has 0 aliphatic carbocycles. The highest BCUT2D eigenvalue weighted by Gasteiger charge is 2.28. The summed E-state index contributed by atoms with van der Waals surface area (Å²) in [4.78, 5) is 26.6. The van der Waals surface area contributed by atoms with Crippen LogP contribution in [0.3, 0.4) is 0 Å². The Bertz CT molecular complexity index is 321. The van der Waals surface area contributed by atoms with Crippen molar-refractivity contribution in [3.8, 4) is 0 Å². The minimum Gasteiger partial charge on any atom is -0.396 e. The fourth-order valence-electron chi connectivity index (χ4n) is 2.65. The molecule has 1 aliphatic heterocycles. The molecule has 0 spiro atoms. The highest BCUT2D eigenvalue weighted by atomic mass is 16.3. The van der Waals surface area contributed by atoms with Crippen molar-refractivity contribution in [1.82, 2.24) is 9.80 Å². The SMILES string of the molecule is CN1CCC(=O)N(CCCCCCCCCCCO)C1=O. The zero-order valence-corrected chi connectivity index (χ0v) is 13.4. The lowest BCUT2D eigenvalue weighted by Gasteiger charge is -2.31. The number of hydrogen-bond acceptors (Lipinski definition) is 3. The van der Waals surface area contributed by atoms with Crippen LogP contribution in [0.1, 0.15) is 64.2 Å². The number of aliphatic hydroxyl groups is 1. The molecule has 0 aromatic rings. The summed E-state index contributed by atoms with van der Waals surface area (Å²) in [6.07, 6.45) is 10.6. The normalized spacial score (nSPS) is 15.9. The fraction of sp³-hybridized carbons (Fsp3) is 0.875. The van der Waals surface area contributed by atoms with Crippen LogP contribution in [0.15, 0.2) is 0 Å². The molecule has 1 rings (SSSR count). The van der Waals surface area contributed by atoms with E-state index < -0.39 is 0 Å². The van der Waals surface area contributed by atoms with Gasteiger partial charge in [-0.3, -0.25) is 9.69 Å². The minimum atomic E-state index is -0.143. The highest BCUT2D eigenvalue weighted by Crippen LogP contribution is 2.13. The Morgan fingerprint density at radius 1 is 0.905 bits per heavy atom. The molecule has 5 heteroatoms. The first-order valence-corrected chi connectivity index (χ1v) is 8.33. The van der Waals surface area contributed by atoms with Crippen LogP contribution in [-0.4, -0.2) is 53.6 Å². The van der Waals surface area contributed by atoms with Crippen LogP contribution in [0.4, 0.5) is 4.79 Å². The van der Waals surface area contributed by atoms with Crippen LogP contribution in [0.2, 0.25) is 0 Å². The number of urea groups is 1. The summed E-state index contributed by atoms with van der Waals surface area (Å²) in [5, 5.41) is 8.67. The van der Waals surface area contributed by atoms with E-state index in [9.17, 15) is 9.59 Å². The lowest BCUT2D eigenvalue weighted by atomic mass is 10.1. The molecule has 0 unspecified atom stereocenters. The van der Waals surface area contributed by atoms with E-state index in [1.54, 1.807) is 11.9 Å². The Morgan fingerprint density at radius 3 is 2.00 bits per heavy atom. The molecule has 0 radical (unpaired) electrons. The predicted octanol–water partition coefficient (Wildman–Crippen LogP) is 2.77. The van der Waals surface area contributed by atoms with Gasteiger partial charge in [0.2, 0.25) is 5.91 Å². The summed E-state index contributed by atoms with van der Waals surface area (Å²) < 4.78 is 0. The summed E-state index contributed by atoms with van der Waals surface area (Å²) in [5.74, 6) is -0.0259. The molecule has 1 N–H and O–H groups in total. The number of unbranched alkanes of at least 4 members (excludes halogenated alkanes) is 8. The van der Waals surface area contributed by atoms with E-state index in [-0.39, 0.29) is 11.9 Å². The minimum absolute atomic E-state index is 0.0259. The van der Waals surface area contributed by atoms with E-state index in [1.807, 2.05) is 0 Å². The molecule has 1 heterocycles. The molecular weight excluding hydrogens is 268 g/mol. The first-order valence-electron chi connectivity index (χ1n) is 8.33. The third-order valence-electron chi connectivity index (χ3n) is 4.06. The average Bonchev–Trinajstić information content (AvgIpc) is 2.48. The van der Waals surface area contributed by atoms with Crippen molar-refractivity contribution >= 4 is 11.9 Å². The van der Waals surface area contributed by atoms with Gasteiger partial charge >= 0.3 is 6.03 Å². The van der Waals surface area contributed by atoms with Crippen molar-refractivity contribution in [3.05, 3.63) is 0 Å². The number of carbonyl (C=O) groups excluding carboxylic acids is 2. The number of carbonyl (C=O) groups is 2. The lowest BCUT2D eigenvalue weighted by Crippen LogP contribution is -2.50. The third kappa shape index (κ3) is 6.93. The van der Waals surface area contributed by atoms with E-state index >= 15 is 0 Å². The molecule has 5 nitrogen and oxygen atoms in total. The molecule has 0 aromatic heterocycles. The van der Waals surface area contributed by atoms with Gasteiger partial charge in [0.1, 0.15) is 0 Å². The summed E-state index contributed by atoms with van der Waals surface area (Å²) in [6.45, 7) is 1.42. The lowest BCUT2D eigenvalue weighted by molar-refractivity contribution is -0.130. The topological polar surface area (TPSA) is 60.9 Å². The van der Waals surface area contributed by atoms with Gasteiger partial charge in [0.15, 0.2) is 0 Å². The van der Waals surface area contributed by atoms with Gasteiger partial charge in [-0.25, -0.2) is 4.79 Å². The smallest absolute Gasteiger partial charge is 0.326 e. The number of rotatable bonds is 11. The second-order valence-electron chi connectivity index (χ2n) is 5.91. The highest BCUT2D eigenvalue weighted by molar-refractivity contribution is 5.96. The molecule has 3 amide bonds. The van der Waals surface area contributed by atoms with Crippen molar-refractivity contribution in [2.45, 2.75) is 64.2 Å². The zero-order chi connectivity index (χ0) is 15.5. The van der Waals surface area contributed by atoms with Crippen LogP contribution in [0, 0.1) is 0 Å². The molecule has 122 valence electrons. The van der Waals surface area contributed by atoms with Crippen LogP contribution in [-0.2, 0) is 4.79 Å². The fourth-order valence-corrected chi connectivity index (χ4v) is 2.65. The van der Waals surface area contributed by atoms with Gasteiger partial charge < -0.3 is 10.0 Å². The quantitative estimate of drug-likeness (QED) is 0.597. The van der Waals surface area contributed by atoms with Gasteiger partial charge in [-0.05, 0) is 12.8 Å². The second kappa shape index (κ2) is 10.6. The van der Waals surface area contributed by atoms with E-state index in [1.165, 1.54) is 37.0 Å². The van der Waals surface area contributed by atoms with Crippen molar-refractivity contribution in [1.29, 1.82) is 0 Å². The Balaban J connectivity index is 1.98. The van der Waals surface area contributed by atoms with Gasteiger partial charge in [0.05, 0.1) is 0 Å². The molecule has 0 atom stereocenters. The summed E-state index contributed by atoms with van der Waals surface area (Å²) >= 11 is 0. The van der Waals surface area contributed by atoms with Gasteiger partial charge in [-0.15, -0.1) is 0 Å². The standard InChI is InChI=1S/C16H30N2O3/c1-17-13-11-15(20)18(16(17)21)12-9-7-5-3-2-4-6-8-10-14-19/h19H,2-14H2,1H3. The monoisotopic (exact) mass is 298 g/mol. The van der Waals surface area contributed by atoms with Crippen molar-refractivity contribution < 1.29 is 14.7 Å². The van der Waals surface area contributed by atoms with E-state index in [0.717, 1.165) is 25.7 Å². The van der Waals surface area contributed by atoms with Crippen molar-refractivity contribution in [3.63, 3.8) is 0 Å². The maximum Gasteiger partial charge on any atom is 0.326 e. The summed E-state index contributed by atoms with van der Waals surface area (Å²) in [6, 6.07) is -0.143. The number of hydrogen-bond donors (Lipinski definition) is 1. The van der Waals surface area contributed by atoms with Crippen LogP contribution >= 0.6 is 0 Å². The zero-order valence-electron chi connectivity index (χ0n) is 13.4. The Kier molecular flexibility index (Phi) is 9.06. The van der Waals surface area contributed by atoms with Crippen molar-refractivity contribution in [2.75, 3.05) is 26.7 Å². The van der Waals surface area contributed by atoms with Gasteiger partial charge in [0.25, 0.3) is 0 Å². The molecule has 1 aliphatic rings. The Hall–Kier alpha value is -1.10. The number of aliphatic hydroxyl groups excluding tert-OH is 1. The largest absolute Gasteiger partial charge is 0.396 e. The van der Waals surface area contributed by atoms with E-state index in [0.29, 0.717) is 26.1 Å². The molecule has 0 bridgehead atoms. The van der Waals surface area contributed by atoms with Crippen molar-refractivity contribution in [2.24, 2.45) is 0 Å². The molecular formula is C16H30N2O3. The number of imide groups is 1. The maximum atomic E-state index is 11.8. The Labute approximate surface area is 128 Å². The summed E-state index contributed by atoms with van der Waals surface area (Å²) in [5.41, 5.74) is 0. The van der Waals surface area contributed by atoms with E-state index in [4.69, 9.17) is 5.11 Å². The second-order valence-corrected chi connectivity index (χ2v) is 5.91. The first kappa shape index (κ1) is 18.0. The van der Waals surface area contributed by atoms with E-state index in [2.05, 4.69) is 0 Å². The van der Waals surface area contributed by atoms with Gasteiger partial charge in [0, 0.05) is 33.2 Å². The van der Waals surface area contributed by atoms with Gasteiger partial charge in [-0.2, -0.15) is 0 Å². The number of nitrogens with zero attached hydrogens (tertiary/aromatic N) is 2. The molecule has 0 saturated carbocycles. The Morgan fingerprint density at radius 2 is 1.43 bits per heavy atom. The summed E-state index contributed by atoms with van der Waals surface area (Å²) in [7, 11) is 1.75. The van der Waals surface area contributed by atoms with Crippen LogP contribution in [0.5, 0.6) is 0 Å².